The van der Waals surface area contributed by atoms with E-state index in [9.17, 15) is 14.4 Å². The Hall–Kier alpha value is -2.37. The molecule has 0 aliphatic rings. The Morgan fingerprint density at radius 3 is 2.61 bits per heavy atom. The summed E-state index contributed by atoms with van der Waals surface area (Å²) in [6.07, 6.45) is 0. The fraction of sp³-hybridized carbons (Fsp3) is 0.250. The predicted octanol–water partition coefficient (Wildman–Crippen LogP) is 0.973. The quantitative estimate of drug-likeness (QED) is 0.586. The molecule has 0 amide bonds. The van der Waals surface area contributed by atoms with Crippen LogP contribution in [-0.4, -0.2) is 18.5 Å². The van der Waals surface area contributed by atoms with Crippen molar-refractivity contribution in [1.82, 2.24) is 0 Å². The van der Waals surface area contributed by atoms with E-state index >= 15 is 0 Å². The van der Waals surface area contributed by atoms with Gasteiger partial charge in [0, 0.05) is 11.6 Å². The highest BCUT2D eigenvalue weighted by Crippen LogP contribution is 2.09. The number of hydrogen-bond acceptors (Lipinski definition) is 6. The lowest BCUT2D eigenvalue weighted by Crippen LogP contribution is -2.19. The first-order chi connectivity index (χ1) is 8.38. The summed E-state index contributed by atoms with van der Waals surface area (Å²) in [5.74, 6) is -1.13. The van der Waals surface area contributed by atoms with E-state index in [-0.39, 0.29) is 11.3 Å². The van der Waals surface area contributed by atoms with Crippen LogP contribution in [0.1, 0.15) is 12.7 Å². The number of rotatable bonds is 4. The second-order valence-electron chi connectivity index (χ2n) is 3.55. The minimum atomic E-state index is -0.797. The summed E-state index contributed by atoms with van der Waals surface area (Å²) in [6, 6.07) is 2.39. The van der Waals surface area contributed by atoms with Gasteiger partial charge in [-0.2, -0.15) is 0 Å². The lowest BCUT2D eigenvalue weighted by molar-refractivity contribution is -0.150. The monoisotopic (exact) mass is 252 g/mol. The number of carbonyl (C=O) groups is 2. The molecule has 1 heterocycles. The van der Waals surface area contributed by atoms with Crippen molar-refractivity contribution in [3.63, 3.8) is 0 Å². The van der Waals surface area contributed by atoms with Gasteiger partial charge >= 0.3 is 17.6 Å². The molecule has 0 unspecified atom stereocenters. The number of ether oxygens (including phenoxy) is 2. The van der Waals surface area contributed by atoms with E-state index in [0.717, 1.165) is 6.07 Å². The van der Waals surface area contributed by atoms with Crippen LogP contribution in [0, 0.1) is 6.92 Å². The number of aryl methyl sites for hydroxylation is 1. The molecule has 6 heteroatoms. The first kappa shape index (κ1) is 13.7. The first-order valence-corrected chi connectivity index (χ1v) is 5.03. The average molecular weight is 252 g/mol. The molecule has 0 fully saturated rings. The molecule has 1 aromatic heterocycles. The standard InChI is InChI=1S/C12H12O6/c1-7(2)12(15)16-6-11(14)18-9-4-8(3)17-10(13)5-9/h4-5H,1,6H2,2-3H3. The fourth-order valence-corrected chi connectivity index (χ4v) is 1.04. The van der Waals surface area contributed by atoms with Crippen LogP contribution in [0.3, 0.4) is 0 Å². The van der Waals surface area contributed by atoms with Crippen molar-refractivity contribution in [3.8, 4) is 5.75 Å². The Labute approximate surface area is 103 Å². The summed E-state index contributed by atoms with van der Waals surface area (Å²) in [6.45, 7) is 5.81. The highest BCUT2D eigenvalue weighted by Gasteiger charge is 2.11. The zero-order valence-corrected chi connectivity index (χ0v) is 10.0. The molecule has 0 saturated carbocycles. The van der Waals surface area contributed by atoms with Gasteiger partial charge in [0.1, 0.15) is 11.5 Å². The van der Waals surface area contributed by atoms with Gasteiger partial charge in [-0.15, -0.1) is 0 Å². The topological polar surface area (TPSA) is 82.8 Å². The van der Waals surface area contributed by atoms with E-state index in [4.69, 9.17) is 4.74 Å². The van der Waals surface area contributed by atoms with Crippen LogP contribution in [0.2, 0.25) is 0 Å². The molecular formula is C12H12O6. The number of hydrogen-bond donors (Lipinski definition) is 0. The predicted molar refractivity (Wildman–Crippen MR) is 61.1 cm³/mol. The number of carbonyl (C=O) groups excluding carboxylic acids is 2. The summed E-state index contributed by atoms with van der Waals surface area (Å²) in [7, 11) is 0. The van der Waals surface area contributed by atoms with Crippen LogP contribution in [0.15, 0.2) is 33.5 Å². The van der Waals surface area contributed by atoms with Gasteiger partial charge in [-0.25, -0.2) is 14.4 Å². The van der Waals surface area contributed by atoms with Crippen LogP contribution < -0.4 is 10.4 Å². The lowest BCUT2D eigenvalue weighted by Gasteiger charge is -2.05. The summed E-state index contributed by atoms with van der Waals surface area (Å²) >= 11 is 0. The van der Waals surface area contributed by atoms with E-state index in [0.29, 0.717) is 5.76 Å². The maximum absolute atomic E-state index is 11.3. The highest BCUT2D eigenvalue weighted by molar-refractivity contribution is 5.88. The van der Waals surface area contributed by atoms with E-state index in [1.165, 1.54) is 13.0 Å². The van der Waals surface area contributed by atoms with Crippen LogP contribution in [0.25, 0.3) is 0 Å². The average Bonchev–Trinajstić information content (AvgIpc) is 2.24. The van der Waals surface area contributed by atoms with Crippen molar-refractivity contribution >= 4 is 11.9 Å². The molecule has 0 saturated heterocycles. The first-order valence-electron chi connectivity index (χ1n) is 5.03. The molecule has 0 N–H and O–H groups in total. The third kappa shape index (κ3) is 4.25. The summed E-state index contributed by atoms with van der Waals surface area (Å²) in [5.41, 5.74) is -0.448. The Bertz CT molecular complexity index is 540. The molecule has 96 valence electrons. The maximum Gasteiger partial charge on any atom is 0.349 e. The van der Waals surface area contributed by atoms with Gasteiger partial charge in [-0.3, -0.25) is 0 Å². The Morgan fingerprint density at radius 1 is 1.39 bits per heavy atom. The molecule has 18 heavy (non-hydrogen) atoms. The SMILES string of the molecule is C=C(C)C(=O)OCC(=O)Oc1cc(C)oc(=O)c1. The van der Waals surface area contributed by atoms with E-state index in [1.807, 2.05) is 0 Å². The van der Waals surface area contributed by atoms with Gasteiger partial charge < -0.3 is 13.9 Å². The molecule has 0 bridgehead atoms. The molecule has 6 nitrogen and oxygen atoms in total. The van der Waals surface area contributed by atoms with Gasteiger partial charge in [-0.05, 0) is 13.8 Å². The highest BCUT2D eigenvalue weighted by atomic mass is 16.6. The van der Waals surface area contributed by atoms with E-state index in [1.54, 1.807) is 6.92 Å². The van der Waals surface area contributed by atoms with Gasteiger partial charge in [0.15, 0.2) is 6.61 Å². The van der Waals surface area contributed by atoms with Crippen molar-refractivity contribution < 1.29 is 23.5 Å². The van der Waals surface area contributed by atoms with Gasteiger partial charge in [0.25, 0.3) is 0 Å². The Morgan fingerprint density at radius 2 is 2.06 bits per heavy atom. The van der Waals surface area contributed by atoms with E-state index < -0.39 is 24.2 Å². The molecule has 1 aromatic rings. The maximum atomic E-state index is 11.3. The molecule has 1 rings (SSSR count). The molecular weight excluding hydrogens is 240 g/mol. The molecule has 0 aliphatic heterocycles. The smallest absolute Gasteiger partial charge is 0.349 e. The summed E-state index contributed by atoms with van der Waals surface area (Å²) < 4.78 is 14.1. The molecule has 0 aromatic carbocycles. The van der Waals surface area contributed by atoms with Gasteiger partial charge in [-0.1, -0.05) is 6.58 Å². The summed E-state index contributed by atoms with van der Waals surface area (Å²) in [5, 5.41) is 0. The van der Waals surface area contributed by atoms with Crippen molar-refractivity contribution in [2.45, 2.75) is 13.8 Å². The minimum absolute atomic E-state index is 0.0418. The van der Waals surface area contributed by atoms with Crippen molar-refractivity contribution in [2.24, 2.45) is 0 Å². The van der Waals surface area contributed by atoms with E-state index in [2.05, 4.69) is 15.7 Å². The summed E-state index contributed by atoms with van der Waals surface area (Å²) in [4.78, 5) is 33.3. The third-order valence-corrected chi connectivity index (χ3v) is 1.77. The zero-order valence-electron chi connectivity index (χ0n) is 10.0. The Balaban J connectivity index is 2.57. The van der Waals surface area contributed by atoms with Crippen LogP contribution in [0.5, 0.6) is 5.75 Å². The van der Waals surface area contributed by atoms with Crippen molar-refractivity contribution in [2.75, 3.05) is 6.61 Å². The molecule has 0 spiro atoms. The Kier molecular flexibility index (Phi) is 4.42. The van der Waals surface area contributed by atoms with Gasteiger partial charge in [0.2, 0.25) is 0 Å². The fourth-order valence-electron chi connectivity index (χ4n) is 1.04. The van der Waals surface area contributed by atoms with Crippen LogP contribution >= 0.6 is 0 Å². The second-order valence-corrected chi connectivity index (χ2v) is 3.55. The van der Waals surface area contributed by atoms with Crippen molar-refractivity contribution in [3.05, 3.63) is 40.5 Å². The van der Waals surface area contributed by atoms with Crippen LogP contribution in [-0.2, 0) is 14.3 Å². The van der Waals surface area contributed by atoms with Gasteiger partial charge in [0.05, 0.1) is 6.07 Å². The number of esters is 2. The second kappa shape index (κ2) is 5.81. The molecule has 0 atom stereocenters. The third-order valence-electron chi connectivity index (χ3n) is 1.77. The normalized spacial score (nSPS) is 9.67. The lowest BCUT2D eigenvalue weighted by atomic mass is 10.4. The minimum Gasteiger partial charge on any atom is -0.450 e. The largest absolute Gasteiger partial charge is 0.450 e. The van der Waals surface area contributed by atoms with Crippen LogP contribution in [0.4, 0.5) is 0 Å². The van der Waals surface area contributed by atoms with Crippen molar-refractivity contribution in [1.29, 1.82) is 0 Å². The molecule has 0 radical (unpaired) electrons. The molecule has 0 aliphatic carbocycles. The zero-order chi connectivity index (χ0) is 13.7.